The maximum absolute atomic E-state index is 12.2. The van der Waals surface area contributed by atoms with E-state index >= 15 is 0 Å². The van der Waals surface area contributed by atoms with Crippen molar-refractivity contribution >= 4 is 17.8 Å². The zero-order chi connectivity index (χ0) is 16.8. The standard InChI is InChI=1S/C16H20N2O5/c1-2-8-17-14(19)11(9-10-6-4-3-5-7-10)18-15(20)12-13(23-12)16(21)22/h3-7,11-13H,2,8-9H2,1H3,(H,17,19)(H,18,20)(H,21,22)/t11-,12?,13?/m0/s1. The van der Waals surface area contributed by atoms with Crippen molar-refractivity contribution in [3.63, 3.8) is 0 Å². The second kappa shape index (κ2) is 7.73. The molecule has 1 aromatic rings. The summed E-state index contributed by atoms with van der Waals surface area (Å²) in [5.41, 5.74) is 0.899. The first-order valence-electron chi connectivity index (χ1n) is 7.53. The first kappa shape index (κ1) is 17.0. The normalized spacial score (nSPS) is 20.4. The lowest BCUT2D eigenvalue weighted by molar-refractivity contribution is -0.138. The largest absolute Gasteiger partial charge is 0.479 e. The van der Waals surface area contributed by atoms with Crippen LogP contribution in [-0.4, -0.2) is 47.7 Å². The Morgan fingerprint density at radius 3 is 2.48 bits per heavy atom. The molecular formula is C16H20N2O5. The van der Waals surface area contributed by atoms with Crippen LogP contribution >= 0.6 is 0 Å². The van der Waals surface area contributed by atoms with Gasteiger partial charge in [0.05, 0.1) is 0 Å². The number of carboxylic acids is 1. The van der Waals surface area contributed by atoms with Crippen molar-refractivity contribution < 1.29 is 24.2 Å². The van der Waals surface area contributed by atoms with Gasteiger partial charge in [-0.1, -0.05) is 37.3 Å². The van der Waals surface area contributed by atoms with Crippen molar-refractivity contribution in [2.45, 2.75) is 38.0 Å². The zero-order valence-corrected chi connectivity index (χ0v) is 12.8. The van der Waals surface area contributed by atoms with Crippen molar-refractivity contribution in [1.82, 2.24) is 10.6 Å². The second-order valence-corrected chi connectivity index (χ2v) is 5.36. The lowest BCUT2D eigenvalue weighted by Crippen LogP contribution is -2.49. The Bertz CT molecular complexity index is 575. The Morgan fingerprint density at radius 1 is 1.22 bits per heavy atom. The highest BCUT2D eigenvalue weighted by molar-refractivity contribution is 5.95. The first-order valence-corrected chi connectivity index (χ1v) is 7.53. The molecule has 0 bridgehead atoms. The number of aliphatic carboxylic acids is 1. The van der Waals surface area contributed by atoms with E-state index in [4.69, 9.17) is 9.84 Å². The quantitative estimate of drug-likeness (QED) is 0.588. The van der Waals surface area contributed by atoms with E-state index in [1.165, 1.54) is 0 Å². The van der Waals surface area contributed by atoms with Crippen molar-refractivity contribution in [2.75, 3.05) is 6.54 Å². The van der Waals surface area contributed by atoms with Crippen molar-refractivity contribution in [3.8, 4) is 0 Å². The van der Waals surface area contributed by atoms with Crippen LogP contribution in [0.2, 0.25) is 0 Å². The van der Waals surface area contributed by atoms with Gasteiger partial charge in [0.15, 0.2) is 12.2 Å². The van der Waals surface area contributed by atoms with E-state index < -0.39 is 30.1 Å². The Hall–Kier alpha value is -2.41. The summed E-state index contributed by atoms with van der Waals surface area (Å²) < 4.78 is 4.81. The smallest absolute Gasteiger partial charge is 0.336 e. The van der Waals surface area contributed by atoms with E-state index in [-0.39, 0.29) is 5.91 Å². The average Bonchev–Trinajstić information content (AvgIpc) is 3.34. The minimum atomic E-state index is -1.18. The molecule has 1 fully saturated rings. The lowest BCUT2D eigenvalue weighted by Gasteiger charge is -2.18. The van der Waals surface area contributed by atoms with E-state index in [2.05, 4.69) is 10.6 Å². The minimum absolute atomic E-state index is 0.295. The third-order valence-corrected chi connectivity index (χ3v) is 3.46. The third kappa shape index (κ3) is 4.79. The molecule has 2 amide bonds. The Morgan fingerprint density at radius 2 is 1.91 bits per heavy atom. The number of amides is 2. The number of benzene rings is 1. The van der Waals surface area contributed by atoms with E-state index in [0.717, 1.165) is 12.0 Å². The molecule has 0 aliphatic carbocycles. The number of carbonyl (C=O) groups is 3. The summed E-state index contributed by atoms with van der Waals surface area (Å²) in [6, 6.07) is 8.52. The highest BCUT2D eigenvalue weighted by Gasteiger charge is 2.51. The topological polar surface area (TPSA) is 108 Å². The molecule has 0 radical (unpaired) electrons. The molecule has 2 rings (SSSR count). The van der Waals surface area contributed by atoms with Gasteiger partial charge in [-0.3, -0.25) is 9.59 Å². The van der Waals surface area contributed by atoms with E-state index in [0.29, 0.717) is 13.0 Å². The Labute approximate surface area is 134 Å². The molecule has 1 heterocycles. The molecule has 3 N–H and O–H groups in total. The van der Waals surface area contributed by atoms with Gasteiger partial charge in [0.1, 0.15) is 6.04 Å². The van der Waals surface area contributed by atoms with Crippen LogP contribution in [0.4, 0.5) is 0 Å². The molecule has 7 heteroatoms. The zero-order valence-electron chi connectivity index (χ0n) is 12.8. The molecule has 0 spiro atoms. The summed E-state index contributed by atoms with van der Waals surface area (Å²) in [5.74, 6) is -2.05. The van der Waals surface area contributed by atoms with Crippen LogP contribution < -0.4 is 10.6 Å². The molecule has 1 saturated heterocycles. The number of hydrogen-bond donors (Lipinski definition) is 3. The number of hydrogen-bond acceptors (Lipinski definition) is 4. The number of ether oxygens (including phenoxy) is 1. The number of carboxylic acid groups (broad SMARTS) is 1. The van der Waals surface area contributed by atoms with Gasteiger partial charge >= 0.3 is 5.97 Å². The predicted octanol–water partition coefficient (Wildman–Crippen LogP) is 0.0921. The van der Waals surface area contributed by atoms with Crippen LogP contribution in [0.1, 0.15) is 18.9 Å². The fourth-order valence-corrected chi connectivity index (χ4v) is 2.18. The maximum atomic E-state index is 12.2. The molecule has 23 heavy (non-hydrogen) atoms. The summed E-state index contributed by atoms with van der Waals surface area (Å²) in [4.78, 5) is 35.0. The third-order valence-electron chi connectivity index (χ3n) is 3.46. The van der Waals surface area contributed by atoms with Gasteiger partial charge in [0, 0.05) is 13.0 Å². The summed E-state index contributed by atoms with van der Waals surface area (Å²) in [5, 5.41) is 14.1. The van der Waals surface area contributed by atoms with Gasteiger partial charge in [0.2, 0.25) is 5.91 Å². The highest BCUT2D eigenvalue weighted by Crippen LogP contribution is 2.22. The fraction of sp³-hybridized carbons (Fsp3) is 0.438. The number of epoxide rings is 1. The van der Waals surface area contributed by atoms with Crippen molar-refractivity contribution in [3.05, 3.63) is 35.9 Å². The summed E-state index contributed by atoms with van der Waals surface area (Å²) in [6.45, 7) is 2.44. The number of nitrogens with one attached hydrogen (secondary N) is 2. The van der Waals surface area contributed by atoms with Gasteiger partial charge in [-0.05, 0) is 12.0 Å². The van der Waals surface area contributed by atoms with Gasteiger partial charge in [0.25, 0.3) is 5.91 Å². The van der Waals surface area contributed by atoms with Gasteiger partial charge < -0.3 is 20.5 Å². The van der Waals surface area contributed by atoms with Crippen LogP contribution in [0.15, 0.2) is 30.3 Å². The lowest BCUT2D eigenvalue weighted by atomic mass is 10.0. The first-order chi connectivity index (χ1) is 11.0. The summed E-state index contributed by atoms with van der Waals surface area (Å²) in [6.07, 6.45) is -1.03. The average molecular weight is 320 g/mol. The van der Waals surface area contributed by atoms with E-state index in [1.54, 1.807) is 0 Å². The molecule has 1 aromatic carbocycles. The summed E-state index contributed by atoms with van der Waals surface area (Å²) >= 11 is 0. The van der Waals surface area contributed by atoms with Crippen LogP contribution in [0.25, 0.3) is 0 Å². The van der Waals surface area contributed by atoms with Crippen LogP contribution in [0.3, 0.4) is 0 Å². The minimum Gasteiger partial charge on any atom is -0.479 e. The number of rotatable bonds is 8. The highest BCUT2D eigenvalue weighted by atomic mass is 16.6. The van der Waals surface area contributed by atoms with Crippen LogP contribution in [-0.2, 0) is 25.5 Å². The molecule has 124 valence electrons. The van der Waals surface area contributed by atoms with E-state index in [9.17, 15) is 14.4 Å². The Balaban J connectivity index is 2.00. The number of carbonyl (C=O) groups excluding carboxylic acids is 2. The summed E-state index contributed by atoms with van der Waals surface area (Å²) in [7, 11) is 0. The van der Waals surface area contributed by atoms with Crippen molar-refractivity contribution in [2.24, 2.45) is 0 Å². The van der Waals surface area contributed by atoms with Crippen LogP contribution in [0.5, 0.6) is 0 Å². The second-order valence-electron chi connectivity index (χ2n) is 5.36. The SMILES string of the molecule is CCCNC(=O)[C@H](Cc1ccccc1)NC(=O)C1OC1C(=O)O. The molecular weight excluding hydrogens is 300 g/mol. The Kier molecular flexibility index (Phi) is 5.70. The van der Waals surface area contributed by atoms with Gasteiger partial charge in [-0.2, -0.15) is 0 Å². The molecule has 3 atom stereocenters. The predicted molar refractivity (Wildman–Crippen MR) is 81.7 cm³/mol. The molecule has 1 aliphatic heterocycles. The molecule has 0 saturated carbocycles. The maximum Gasteiger partial charge on any atom is 0.336 e. The fourth-order valence-electron chi connectivity index (χ4n) is 2.18. The molecule has 0 aromatic heterocycles. The van der Waals surface area contributed by atoms with Gasteiger partial charge in [-0.15, -0.1) is 0 Å². The van der Waals surface area contributed by atoms with Gasteiger partial charge in [-0.25, -0.2) is 4.79 Å². The van der Waals surface area contributed by atoms with Crippen LogP contribution in [0, 0.1) is 0 Å². The molecule has 7 nitrogen and oxygen atoms in total. The van der Waals surface area contributed by atoms with Crippen molar-refractivity contribution in [1.29, 1.82) is 0 Å². The molecule has 1 aliphatic rings. The molecule has 2 unspecified atom stereocenters. The van der Waals surface area contributed by atoms with E-state index in [1.807, 2.05) is 37.3 Å². The monoisotopic (exact) mass is 320 g/mol.